The summed E-state index contributed by atoms with van der Waals surface area (Å²) < 4.78 is 0. The van der Waals surface area contributed by atoms with Crippen molar-refractivity contribution >= 4 is 28.9 Å². The van der Waals surface area contributed by atoms with Gasteiger partial charge in [-0.05, 0) is 36.4 Å². The molecule has 0 aromatic heterocycles. The van der Waals surface area contributed by atoms with Crippen molar-refractivity contribution in [1.82, 2.24) is 10.6 Å². The number of rotatable bonds is 8. The molecule has 3 N–H and O–H groups in total. The molecule has 8 nitrogen and oxygen atoms in total. The van der Waals surface area contributed by atoms with Crippen LogP contribution in [-0.4, -0.2) is 29.8 Å². The molecular formula is C22H20N4O4. The molecule has 0 bridgehead atoms. The van der Waals surface area contributed by atoms with Gasteiger partial charge in [0.2, 0.25) is 0 Å². The van der Waals surface area contributed by atoms with E-state index in [1.165, 1.54) is 18.2 Å². The molecule has 0 heterocycles. The molecule has 0 aliphatic heterocycles. The maximum atomic E-state index is 12.3. The van der Waals surface area contributed by atoms with Gasteiger partial charge in [0, 0.05) is 36.0 Å². The number of carbonyl (C=O) groups excluding carboxylic acids is 2. The number of para-hydroxylation sites is 1. The monoisotopic (exact) mass is 404 g/mol. The summed E-state index contributed by atoms with van der Waals surface area (Å²) in [7, 11) is 0. The van der Waals surface area contributed by atoms with Crippen LogP contribution in [0.2, 0.25) is 0 Å². The summed E-state index contributed by atoms with van der Waals surface area (Å²) in [4.78, 5) is 35.2. The SMILES string of the molecule is O=C(NCCNC(=O)c1ccc(Nc2ccccc2)c([N+](=O)[O-])c1)c1ccccc1. The molecule has 0 spiro atoms. The number of hydrogen-bond donors (Lipinski definition) is 3. The van der Waals surface area contributed by atoms with Crippen LogP contribution in [-0.2, 0) is 0 Å². The molecule has 3 aromatic carbocycles. The first-order chi connectivity index (χ1) is 14.5. The van der Waals surface area contributed by atoms with E-state index in [1.54, 1.807) is 36.4 Å². The van der Waals surface area contributed by atoms with E-state index in [1.807, 2.05) is 24.3 Å². The van der Waals surface area contributed by atoms with Crippen molar-refractivity contribution in [3.8, 4) is 0 Å². The van der Waals surface area contributed by atoms with Crippen LogP contribution in [0, 0.1) is 10.1 Å². The maximum Gasteiger partial charge on any atom is 0.293 e. The standard InChI is InChI=1S/C22H20N4O4/c27-21(16-7-3-1-4-8-16)23-13-14-24-22(28)17-11-12-19(20(15-17)26(29)30)25-18-9-5-2-6-10-18/h1-12,15,25H,13-14H2,(H,23,27)(H,24,28). The van der Waals surface area contributed by atoms with Gasteiger partial charge in [-0.2, -0.15) is 0 Å². The second-order valence-corrected chi connectivity index (χ2v) is 6.36. The molecule has 0 aliphatic rings. The van der Waals surface area contributed by atoms with Crippen molar-refractivity contribution in [2.24, 2.45) is 0 Å². The minimum Gasteiger partial charge on any atom is -0.350 e. The molecule has 0 radical (unpaired) electrons. The summed E-state index contributed by atoms with van der Waals surface area (Å²) in [6.07, 6.45) is 0. The summed E-state index contributed by atoms with van der Waals surface area (Å²) in [6, 6.07) is 22.0. The highest BCUT2D eigenvalue weighted by Crippen LogP contribution is 2.28. The molecule has 2 amide bonds. The Morgan fingerprint density at radius 1 is 0.767 bits per heavy atom. The number of nitrogens with zero attached hydrogens (tertiary/aromatic N) is 1. The van der Waals surface area contributed by atoms with Gasteiger partial charge in [-0.1, -0.05) is 36.4 Å². The van der Waals surface area contributed by atoms with E-state index in [0.29, 0.717) is 11.3 Å². The summed E-state index contributed by atoms with van der Waals surface area (Å²) in [5.41, 5.74) is 1.48. The number of nitrogens with one attached hydrogen (secondary N) is 3. The topological polar surface area (TPSA) is 113 Å². The van der Waals surface area contributed by atoms with Gasteiger partial charge in [0.1, 0.15) is 5.69 Å². The van der Waals surface area contributed by atoms with Gasteiger partial charge in [0.05, 0.1) is 4.92 Å². The maximum absolute atomic E-state index is 12.3. The third-order valence-corrected chi connectivity index (χ3v) is 4.24. The second kappa shape index (κ2) is 9.83. The molecule has 8 heteroatoms. The summed E-state index contributed by atoms with van der Waals surface area (Å²) in [6.45, 7) is 0.421. The number of nitro benzene ring substituents is 1. The highest BCUT2D eigenvalue weighted by Gasteiger charge is 2.17. The van der Waals surface area contributed by atoms with Crippen molar-refractivity contribution < 1.29 is 14.5 Å². The Hall–Kier alpha value is -4.20. The Kier molecular flexibility index (Phi) is 6.73. The zero-order chi connectivity index (χ0) is 21.3. The van der Waals surface area contributed by atoms with E-state index in [2.05, 4.69) is 16.0 Å². The molecule has 0 aliphatic carbocycles. The van der Waals surface area contributed by atoms with E-state index in [0.717, 1.165) is 0 Å². The largest absolute Gasteiger partial charge is 0.350 e. The zero-order valence-corrected chi connectivity index (χ0v) is 16.0. The predicted molar refractivity (Wildman–Crippen MR) is 114 cm³/mol. The Bertz CT molecular complexity index is 1040. The van der Waals surface area contributed by atoms with Crippen LogP contribution in [0.1, 0.15) is 20.7 Å². The van der Waals surface area contributed by atoms with Gasteiger partial charge in [0.15, 0.2) is 0 Å². The average Bonchev–Trinajstić information content (AvgIpc) is 2.77. The smallest absolute Gasteiger partial charge is 0.293 e. The second-order valence-electron chi connectivity index (χ2n) is 6.36. The molecule has 0 unspecified atom stereocenters. The number of amides is 2. The molecule has 3 rings (SSSR count). The lowest BCUT2D eigenvalue weighted by Gasteiger charge is -2.10. The third-order valence-electron chi connectivity index (χ3n) is 4.24. The van der Waals surface area contributed by atoms with Crippen LogP contribution in [0.25, 0.3) is 0 Å². The van der Waals surface area contributed by atoms with Gasteiger partial charge in [0.25, 0.3) is 17.5 Å². The molecule has 0 saturated heterocycles. The van der Waals surface area contributed by atoms with E-state index in [4.69, 9.17) is 0 Å². The molecule has 0 atom stereocenters. The fourth-order valence-corrected chi connectivity index (χ4v) is 2.75. The van der Waals surface area contributed by atoms with E-state index in [9.17, 15) is 19.7 Å². The Morgan fingerprint density at radius 2 is 1.33 bits per heavy atom. The van der Waals surface area contributed by atoms with Gasteiger partial charge < -0.3 is 16.0 Å². The van der Waals surface area contributed by atoms with Crippen molar-refractivity contribution in [1.29, 1.82) is 0 Å². The average molecular weight is 404 g/mol. The highest BCUT2D eigenvalue weighted by molar-refractivity contribution is 5.96. The first kappa shape index (κ1) is 20.5. The lowest BCUT2D eigenvalue weighted by atomic mass is 10.1. The molecule has 0 fully saturated rings. The van der Waals surface area contributed by atoms with Crippen molar-refractivity contribution in [2.75, 3.05) is 18.4 Å². The molecule has 30 heavy (non-hydrogen) atoms. The van der Waals surface area contributed by atoms with Crippen molar-refractivity contribution in [2.45, 2.75) is 0 Å². The van der Waals surface area contributed by atoms with Crippen molar-refractivity contribution in [3.63, 3.8) is 0 Å². The Balaban J connectivity index is 1.58. The van der Waals surface area contributed by atoms with Crippen LogP contribution >= 0.6 is 0 Å². The molecule has 3 aromatic rings. The molecule has 152 valence electrons. The molecular weight excluding hydrogens is 384 g/mol. The van der Waals surface area contributed by atoms with Crippen LogP contribution in [0.15, 0.2) is 78.9 Å². The van der Waals surface area contributed by atoms with E-state index in [-0.39, 0.29) is 35.9 Å². The lowest BCUT2D eigenvalue weighted by molar-refractivity contribution is -0.383. The van der Waals surface area contributed by atoms with Gasteiger partial charge in [-0.3, -0.25) is 19.7 Å². The van der Waals surface area contributed by atoms with Gasteiger partial charge in [-0.25, -0.2) is 0 Å². The minimum absolute atomic E-state index is 0.162. The number of carbonyl (C=O) groups is 2. The fourth-order valence-electron chi connectivity index (χ4n) is 2.75. The van der Waals surface area contributed by atoms with Gasteiger partial charge in [-0.15, -0.1) is 0 Å². The lowest BCUT2D eigenvalue weighted by Crippen LogP contribution is -2.34. The third kappa shape index (κ3) is 5.41. The number of benzene rings is 3. The van der Waals surface area contributed by atoms with Crippen LogP contribution in [0.3, 0.4) is 0 Å². The zero-order valence-electron chi connectivity index (χ0n) is 16.0. The summed E-state index contributed by atoms with van der Waals surface area (Å²) >= 11 is 0. The minimum atomic E-state index is -0.540. The number of nitro groups is 1. The number of anilines is 2. The molecule has 0 saturated carbocycles. The first-order valence-corrected chi connectivity index (χ1v) is 9.26. The Labute approximate surface area is 173 Å². The van der Waals surface area contributed by atoms with Crippen LogP contribution in [0.4, 0.5) is 17.1 Å². The normalized spacial score (nSPS) is 10.1. The summed E-state index contributed by atoms with van der Waals surface area (Å²) in [5.74, 6) is -0.699. The number of hydrogen-bond acceptors (Lipinski definition) is 5. The van der Waals surface area contributed by atoms with Crippen LogP contribution in [0.5, 0.6) is 0 Å². The van der Waals surface area contributed by atoms with E-state index < -0.39 is 10.8 Å². The summed E-state index contributed by atoms with van der Waals surface area (Å²) in [5, 5.41) is 19.8. The highest BCUT2D eigenvalue weighted by atomic mass is 16.6. The fraction of sp³-hybridized carbons (Fsp3) is 0.0909. The van der Waals surface area contributed by atoms with E-state index >= 15 is 0 Å². The first-order valence-electron chi connectivity index (χ1n) is 9.26. The van der Waals surface area contributed by atoms with Crippen molar-refractivity contribution in [3.05, 3.63) is 100 Å². The van der Waals surface area contributed by atoms with Crippen LogP contribution < -0.4 is 16.0 Å². The van der Waals surface area contributed by atoms with Gasteiger partial charge >= 0.3 is 0 Å². The quantitative estimate of drug-likeness (QED) is 0.302. The predicted octanol–water partition coefficient (Wildman–Crippen LogP) is 3.50. The Morgan fingerprint density at radius 3 is 1.93 bits per heavy atom.